The zero-order valence-corrected chi connectivity index (χ0v) is 8.24. The molecular weight excluding hydrogens is 172 g/mol. The molecule has 0 bridgehead atoms. The Morgan fingerprint density at radius 3 is 2.54 bits per heavy atom. The zero-order chi connectivity index (χ0) is 10.5. The molecule has 76 valence electrons. The van der Waals surface area contributed by atoms with Gasteiger partial charge in [-0.2, -0.15) is 0 Å². The first-order chi connectivity index (χ1) is 5.85. The van der Waals surface area contributed by atoms with Gasteiger partial charge in [0.2, 0.25) is 0 Å². The van der Waals surface area contributed by atoms with E-state index in [4.69, 9.17) is 10.6 Å². The largest absolute Gasteiger partial charge is 0.529 e. The molecule has 0 unspecified atom stereocenters. The van der Waals surface area contributed by atoms with E-state index >= 15 is 0 Å². The molecule has 0 aliphatic rings. The summed E-state index contributed by atoms with van der Waals surface area (Å²) in [6.45, 7) is 8.89. The molecule has 0 aliphatic heterocycles. The van der Waals surface area contributed by atoms with Crippen LogP contribution in [0.4, 0.5) is 4.79 Å². The van der Waals surface area contributed by atoms with Crippen molar-refractivity contribution in [1.29, 1.82) is 0 Å². The van der Waals surface area contributed by atoms with Gasteiger partial charge in [0.25, 0.3) is 0 Å². The van der Waals surface area contributed by atoms with E-state index in [2.05, 4.69) is 11.4 Å². The SMILES string of the molecule is C=CCN(N)OC(=O)OC(C)(C)C. The topological polar surface area (TPSA) is 64.8 Å². The van der Waals surface area contributed by atoms with E-state index in [1.807, 2.05) is 0 Å². The molecule has 0 spiro atoms. The molecule has 0 aromatic rings. The molecule has 13 heavy (non-hydrogen) atoms. The summed E-state index contributed by atoms with van der Waals surface area (Å²) in [5, 5.41) is 0.848. The second-order valence-electron chi connectivity index (χ2n) is 3.44. The standard InChI is InChI=1S/C8H16N2O3/c1-5-6-10(9)13-7(11)12-8(2,3)4/h5H,1,6,9H2,2-4H3. The summed E-state index contributed by atoms with van der Waals surface area (Å²) in [4.78, 5) is 15.5. The molecule has 0 saturated heterocycles. The van der Waals surface area contributed by atoms with Gasteiger partial charge >= 0.3 is 6.16 Å². The van der Waals surface area contributed by atoms with Crippen molar-refractivity contribution in [3.8, 4) is 0 Å². The number of nitrogens with zero attached hydrogens (tertiary/aromatic N) is 1. The smallest absolute Gasteiger partial charge is 0.427 e. The highest BCUT2D eigenvalue weighted by molar-refractivity contribution is 5.60. The number of hydrogen-bond acceptors (Lipinski definition) is 5. The first kappa shape index (κ1) is 11.9. The zero-order valence-electron chi connectivity index (χ0n) is 8.24. The number of hydrogen-bond donors (Lipinski definition) is 1. The van der Waals surface area contributed by atoms with Crippen molar-refractivity contribution in [2.45, 2.75) is 26.4 Å². The predicted octanol–water partition coefficient (Wildman–Crippen LogP) is 1.21. The Bertz CT molecular complexity index is 186. The Morgan fingerprint density at radius 2 is 2.15 bits per heavy atom. The number of carbonyl (C=O) groups is 1. The maximum absolute atomic E-state index is 10.9. The van der Waals surface area contributed by atoms with Gasteiger partial charge in [0.15, 0.2) is 0 Å². The minimum Gasteiger partial charge on any atom is -0.427 e. The van der Waals surface area contributed by atoms with Crippen LogP contribution in [-0.2, 0) is 9.57 Å². The summed E-state index contributed by atoms with van der Waals surface area (Å²) in [5.74, 6) is 5.24. The van der Waals surface area contributed by atoms with Gasteiger partial charge < -0.3 is 9.57 Å². The molecule has 5 nitrogen and oxygen atoms in total. The van der Waals surface area contributed by atoms with E-state index in [1.54, 1.807) is 20.8 Å². The van der Waals surface area contributed by atoms with Crippen molar-refractivity contribution in [2.24, 2.45) is 5.84 Å². The van der Waals surface area contributed by atoms with Crippen molar-refractivity contribution < 1.29 is 14.4 Å². The van der Waals surface area contributed by atoms with Crippen LogP contribution in [0.2, 0.25) is 0 Å². The Kier molecular flexibility index (Phi) is 4.44. The van der Waals surface area contributed by atoms with Crippen molar-refractivity contribution in [3.63, 3.8) is 0 Å². The number of ether oxygens (including phenoxy) is 1. The molecule has 0 saturated carbocycles. The predicted molar refractivity (Wildman–Crippen MR) is 48.4 cm³/mol. The van der Waals surface area contributed by atoms with Crippen LogP contribution in [0.25, 0.3) is 0 Å². The molecule has 2 N–H and O–H groups in total. The molecule has 0 aromatic heterocycles. The van der Waals surface area contributed by atoms with Crippen LogP contribution >= 0.6 is 0 Å². The summed E-state index contributed by atoms with van der Waals surface area (Å²) in [7, 11) is 0. The third-order valence-corrected chi connectivity index (χ3v) is 0.890. The molecular formula is C8H16N2O3. The highest BCUT2D eigenvalue weighted by atomic mass is 16.8. The fourth-order valence-corrected chi connectivity index (χ4v) is 0.529. The molecule has 0 aromatic carbocycles. The number of carbonyl (C=O) groups excluding carboxylic acids is 1. The molecule has 0 fully saturated rings. The molecule has 0 atom stereocenters. The molecule has 0 rings (SSSR count). The summed E-state index contributed by atoms with van der Waals surface area (Å²) in [6, 6.07) is 0. The van der Waals surface area contributed by atoms with Crippen LogP contribution in [0, 0.1) is 0 Å². The lowest BCUT2D eigenvalue weighted by Crippen LogP contribution is -2.36. The van der Waals surface area contributed by atoms with E-state index < -0.39 is 11.8 Å². The third kappa shape index (κ3) is 7.30. The fraction of sp³-hybridized carbons (Fsp3) is 0.625. The van der Waals surface area contributed by atoms with Crippen molar-refractivity contribution in [3.05, 3.63) is 12.7 Å². The molecule has 5 heteroatoms. The van der Waals surface area contributed by atoms with Gasteiger partial charge in [-0.25, -0.2) is 10.6 Å². The fourth-order valence-electron chi connectivity index (χ4n) is 0.529. The van der Waals surface area contributed by atoms with Gasteiger partial charge in [0.1, 0.15) is 5.60 Å². The van der Waals surface area contributed by atoms with E-state index in [-0.39, 0.29) is 6.54 Å². The first-order valence-corrected chi connectivity index (χ1v) is 3.89. The van der Waals surface area contributed by atoms with Crippen molar-refractivity contribution in [1.82, 2.24) is 5.17 Å². The van der Waals surface area contributed by atoms with Gasteiger partial charge in [-0.3, -0.25) is 0 Å². The van der Waals surface area contributed by atoms with Crippen LogP contribution < -0.4 is 5.84 Å². The normalized spacial score (nSPS) is 11.2. The lowest BCUT2D eigenvalue weighted by molar-refractivity contribution is -0.138. The Labute approximate surface area is 78.0 Å². The minimum absolute atomic E-state index is 0.249. The van der Waals surface area contributed by atoms with E-state index in [0.29, 0.717) is 0 Å². The van der Waals surface area contributed by atoms with Crippen molar-refractivity contribution >= 4 is 6.16 Å². The maximum Gasteiger partial charge on any atom is 0.529 e. The third-order valence-electron chi connectivity index (χ3n) is 0.890. The first-order valence-electron chi connectivity index (χ1n) is 3.89. The number of rotatable bonds is 3. The Morgan fingerprint density at radius 1 is 1.62 bits per heavy atom. The lowest BCUT2D eigenvalue weighted by atomic mass is 10.2. The summed E-state index contributed by atoms with van der Waals surface area (Å²) >= 11 is 0. The van der Waals surface area contributed by atoms with Crippen LogP contribution in [0.1, 0.15) is 20.8 Å². The maximum atomic E-state index is 10.9. The monoisotopic (exact) mass is 188 g/mol. The van der Waals surface area contributed by atoms with Gasteiger partial charge in [0.05, 0.1) is 6.54 Å². The van der Waals surface area contributed by atoms with Crippen LogP contribution in [-0.4, -0.2) is 23.5 Å². The van der Waals surface area contributed by atoms with Gasteiger partial charge in [-0.05, 0) is 20.8 Å². The van der Waals surface area contributed by atoms with Crippen LogP contribution in [0.15, 0.2) is 12.7 Å². The average molecular weight is 188 g/mol. The highest BCUT2D eigenvalue weighted by Gasteiger charge is 2.18. The van der Waals surface area contributed by atoms with Crippen molar-refractivity contribution in [2.75, 3.05) is 6.54 Å². The molecule has 0 heterocycles. The summed E-state index contributed by atoms with van der Waals surface area (Å²) in [5.41, 5.74) is -0.577. The van der Waals surface area contributed by atoms with E-state index in [1.165, 1.54) is 6.08 Å². The van der Waals surface area contributed by atoms with Gasteiger partial charge in [0, 0.05) is 0 Å². The molecule has 0 amide bonds. The minimum atomic E-state index is -0.822. The van der Waals surface area contributed by atoms with E-state index in [9.17, 15) is 4.79 Å². The van der Waals surface area contributed by atoms with E-state index in [0.717, 1.165) is 5.17 Å². The molecule has 0 aliphatic carbocycles. The van der Waals surface area contributed by atoms with Crippen LogP contribution in [0.5, 0.6) is 0 Å². The average Bonchev–Trinajstić information content (AvgIpc) is 1.81. The van der Waals surface area contributed by atoms with Crippen LogP contribution in [0.3, 0.4) is 0 Å². The highest BCUT2D eigenvalue weighted by Crippen LogP contribution is 2.08. The number of nitrogens with two attached hydrogens (primary N) is 1. The summed E-state index contributed by atoms with van der Waals surface area (Å²) < 4.78 is 4.84. The van der Waals surface area contributed by atoms with Gasteiger partial charge in [-0.15, -0.1) is 6.58 Å². The quantitative estimate of drug-likeness (QED) is 0.312. The number of hydrazine groups is 1. The second-order valence-corrected chi connectivity index (χ2v) is 3.44. The Balaban J connectivity index is 3.81. The number of hydroxylamine groups is 1. The summed E-state index contributed by atoms with van der Waals surface area (Å²) in [6.07, 6.45) is 0.682. The van der Waals surface area contributed by atoms with Gasteiger partial charge in [-0.1, -0.05) is 11.2 Å². The molecule has 0 radical (unpaired) electrons. The lowest BCUT2D eigenvalue weighted by Gasteiger charge is -2.20. The Hall–Kier alpha value is -1.07. The second kappa shape index (κ2) is 4.84.